The van der Waals surface area contributed by atoms with Crippen molar-refractivity contribution in [3.63, 3.8) is 0 Å². The molecular weight excluding hydrogens is 309 g/mol. The van der Waals surface area contributed by atoms with E-state index in [0.717, 1.165) is 18.7 Å². The first-order chi connectivity index (χ1) is 11.7. The van der Waals surface area contributed by atoms with Crippen molar-refractivity contribution < 1.29 is 13.9 Å². The Balaban J connectivity index is 1.77. The van der Waals surface area contributed by atoms with Gasteiger partial charge in [0.2, 0.25) is 0 Å². The molecule has 1 aromatic carbocycles. The van der Waals surface area contributed by atoms with Gasteiger partial charge in [-0.2, -0.15) is 0 Å². The molecule has 0 unspecified atom stereocenters. The second kappa shape index (κ2) is 9.62. The zero-order valence-corrected chi connectivity index (χ0v) is 13.7. The van der Waals surface area contributed by atoms with Gasteiger partial charge in [0.1, 0.15) is 11.5 Å². The number of halogens is 1. The number of anilines is 1. The molecule has 0 aliphatic rings. The lowest BCUT2D eigenvalue weighted by molar-refractivity contribution is 0.0949. The number of ether oxygens (including phenoxy) is 1. The zero-order chi connectivity index (χ0) is 17.2. The van der Waals surface area contributed by atoms with E-state index in [1.54, 1.807) is 37.6 Å². The molecule has 2 aromatic rings. The molecule has 6 heteroatoms. The first kappa shape index (κ1) is 17.9. The maximum Gasteiger partial charge on any atom is 0.269 e. The van der Waals surface area contributed by atoms with Gasteiger partial charge in [-0.25, -0.2) is 9.37 Å². The lowest BCUT2D eigenvalue weighted by Gasteiger charge is -2.08. The van der Waals surface area contributed by atoms with Crippen molar-refractivity contribution in [3.8, 4) is 0 Å². The number of carbonyl (C=O) groups excluding carboxylic acids is 1. The van der Waals surface area contributed by atoms with E-state index in [2.05, 4.69) is 15.6 Å². The molecule has 0 atom stereocenters. The number of aromatic nitrogens is 1. The molecule has 0 aliphatic carbocycles. The number of pyridine rings is 1. The molecule has 2 N–H and O–H groups in total. The molecule has 128 valence electrons. The first-order valence-electron chi connectivity index (χ1n) is 7.91. The van der Waals surface area contributed by atoms with Crippen molar-refractivity contribution in [1.82, 2.24) is 10.3 Å². The smallest absolute Gasteiger partial charge is 0.269 e. The average Bonchev–Trinajstić information content (AvgIpc) is 2.61. The summed E-state index contributed by atoms with van der Waals surface area (Å²) in [5, 5.41) is 5.95. The predicted octanol–water partition coefficient (Wildman–Crippen LogP) is 2.64. The monoisotopic (exact) mass is 331 g/mol. The van der Waals surface area contributed by atoms with Gasteiger partial charge < -0.3 is 15.4 Å². The molecule has 24 heavy (non-hydrogen) atoms. The fourth-order valence-corrected chi connectivity index (χ4v) is 2.18. The minimum absolute atomic E-state index is 0.256. The summed E-state index contributed by atoms with van der Waals surface area (Å²) in [7, 11) is 1.67. The second-order valence-corrected chi connectivity index (χ2v) is 5.30. The van der Waals surface area contributed by atoms with Crippen LogP contribution in [0.15, 0.2) is 42.6 Å². The number of amides is 1. The minimum atomic E-state index is -0.266. The maximum absolute atomic E-state index is 13.5. The predicted molar refractivity (Wildman–Crippen MR) is 91.7 cm³/mol. The highest BCUT2D eigenvalue weighted by Crippen LogP contribution is 2.08. The van der Waals surface area contributed by atoms with Gasteiger partial charge in [-0.05, 0) is 36.6 Å². The van der Waals surface area contributed by atoms with Crippen LogP contribution in [-0.4, -0.2) is 37.7 Å². The topological polar surface area (TPSA) is 63.2 Å². The van der Waals surface area contributed by atoms with Crippen LogP contribution in [0, 0.1) is 5.82 Å². The quantitative estimate of drug-likeness (QED) is 0.694. The number of benzene rings is 1. The summed E-state index contributed by atoms with van der Waals surface area (Å²) in [6, 6.07) is 10.0. The van der Waals surface area contributed by atoms with Crippen molar-refractivity contribution in [2.45, 2.75) is 12.8 Å². The number of nitrogens with zero attached hydrogens (tertiary/aromatic N) is 1. The van der Waals surface area contributed by atoms with Gasteiger partial charge >= 0.3 is 0 Å². The molecule has 0 saturated heterocycles. The molecule has 0 spiro atoms. The Bertz CT molecular complexity index is 647. The lowest BCUT2D eigenvalue weighted by Crippen LogP contribution is -2.26. The first-order valence-corrected chi connectivity index (χ1v) is 7.91. The number of rotatable bonds is 9. The fraction of sp³-hybridized carbons (Fsp3) is 0.333. The van der Waals surface area contributed by atoms with Crippen LogP contribution in [0.4, 0.5) is 10.1 Å². The largest absolute Gasteiger partial charge is 0.385 e. The van der Waals surface area contributed by atoms with Crippen LogP contribution in [-0.2, 0) is 11.2 Å². The molecule has 0 fully saturated rings. The van der Waals surface area contributed by atoms with E-state index in [0.29, 0.717) is 30.8 Å². The van der Waals surface area contributed by atoms with Gasteiger partial charge in [0.05, 0.1) is 11.9 Å². The molecule has 5 nitrogen and oxygen atoms in total. The molecule has 1 aromatic heterocycles. The third-order valence-electron chi connectivity index (χ3n) is 3.49. The Morgan fingerprint density at radius 1 is 1.21 bits per heavy atom. The maximum atomic E-state index is 13.5. The zero-order valence-electron chi connectivity index (χ0n) is 13.7. The van der Waals surface area contributed by atoms with Crippen LogP contribution in [0.25, 0.3) is 0 Å². The molecule has 0 bridgehead atoms. The Morgan fingerprint density at radius 3 is 2.75 bits per heavy atom. The summed E-state index contributed by atoms with van der Waals surface area (Å²) in [4.78, 5) is 16.2. The summed E-state index contributed by atoms with van der Waals surface area (Å²) in [5.74, 6) is -0.522. The number of nitrogens with one attached hydrogen (secondary N) is 2. The van der Waals surface area contributed by atoms with E-state index in [1.807, 2.05) is 6.07 Å². The summed E-state index contributed by atoms with van der Waals surface area (Å²) in [6.07, 6.45) is 2.96. The average molecular weight is 331 g/mol. The summed E-state index contributed by atoms with van der Waals surface area (Å²) < 4.78 is 18.5. The van der Waals surface area contributed by atoms with E-state index in [-0.39, 0.29) is 11.7 Å². The SMILES string of the molecule is COCCCNc1ccc(C(=O)NCCc2ccccc2F)nc1. The van der Waals surface area contributed by atoms with Gasteiger partial charge in [0.25, 0.3) is 5.91 Å². The van der Waals surface area contributed by atoms with Gasteiger partial charge in [-0.15, -0.1) is 0 Å². The summed E-state index contributed by atoms with van der Waals surface area (Å²) in [5.41, 5.74) is 1.78. The van der Waals surface area contributed by atoms with Crippen molar-refractivity contribution >= 4 is 11.6 Å². The van der Waals surface area contributed by atoms with Crippen LogP contribution < -0.4 is 10.6 Å². The second-order valence-electron chi connectivity index (χ2n) is 5.30. The van der Waals surface area contributed by atoms with E-state index in [9.17, 15) is 9.18 Å². The number of hydrogen-bond donors (Lipinski definition) is 2. The van der Waals surface area contributed by atoms with Crippen LogP contribution >= 0.6 is 0 Å². The van der Waals surface area contributed by atoms with Crippen molar-refractivity contribution in [2.24, 2.45) is 0 Å². The fourth-order valence-electron chi connectivity index (χ4n) is 2.18. The molecule has 1 heterocycles. The van der Waals surface area contributed by atoms with Gasteiger partial charge in [-0.3, -0.25) is 4.79 Å². The molecule has 0 saturated carbocycles. The normalized spacial score (nSPS) is 10.4. The Morgan fingerprint density at radius 2 is 2.04 bits per heavy atom. The van der Waals surface area contributed by atoms with Crippen LogP contribution in [0.1, 0.15) is 22.5 Å². The third-order valence-corrected chi connectivity index (χ3v) is 3.49. The summed E-state index contributed by atoms with van der Waals surface area (Å²) in [6.45, 7) is 1.84. The number of hydrogen-bond acceptors (Lipinski definition) is 4. The number of carbonyl (C=O) groups is 1. The molecule has 0 aliphatic heterocycles. The Labute approximate surface area is 141 Å². The van der Waals surface area contributed by atoms with Crippen LogP contribution in [0.2, 0.25) is 0 Å². The van der Waals surface area contributed by atoms with Gasteiger partial charge in [-0.1, -0.05) is 18.2 Å². The Hall–Kier alpha value is -2.47. The van der Waals surface area contributed by atoms with E-state index in [1.165, 1.54) is 6.07 Å². The molecular formula is C18H22FN3O2. The number of methoxy groups -OCH3 is 1. The summed E-state index contributed by atoms with van der Waals surface area (Å²) >= 11 is 0. The van der Waals surface area contributed by atoms with Crippen molar-refractivity contribution in [3.05, 3.63) is 59.7 Å². The van der Waals surface area contributed by atoms with E-state index in [4.69, 9.17) is 4.74 Å². The minimum Gasteiger partial charge on any atom is -0.385 e. The highest BCUT2D eigenvalue weighted by Gasteiger charge is 2.07. The van der Waals surface area contributed by atoms with Crippen LogP contribution in [0.3, 0.4) is 0 Å². The van der Waals surface area contributed by atoms with Crippen LogP contribution in [0.5, 0.6) is 0 Å². The van der Waals surface area contributed by atoms with Crippen molar-refractivity contribution in [1.29, 1.82) is 0 Å². The molecule has 0 radical (unpaired) electrons. The van der Waals surface area contributed by atoms with Crippen molar-refractivity contribution in [2.75, 3.05) is 32.1 Å². The highest BCUT2D eigenvalue weighted by molar-refractivity contribution is 5.92. The van der Waals surface area contributed by atoms with Gasteiger partial charge in [0, 0.05) is 26.8 Å². The Kier molecular flexibility index (Phi) is 7.17. The lowest BCUT2D eigenvalue weighted by atomic mass is 10.1. The molecule has 1 amide bonds. The van der Waals surface area contributed by atoms with E-state index >= 15 is 0 Å². The van der Waals surface area contributed by atoms with Gasteiger partial charge in [0.15, 0.2) is 0 Å². The third kappa shape index (κ3) is 5.62. The highest BCUT2D eigenvalue weighted by atomic mass is 19.1. The molecule has 2 rings (SSSR count). The van der Waals surface area contributed by atoms with E-state index < -0.39 is 0 Å². The standard InChI is InChI=1S/C18H22FN3O2/c1-24-12-4-10-20-15-7-8-17(22-13-15)18(23)21-11-9-14-5-2-3-6-16(14)19/h2-3,5-8,13,20H,4,9-12H2,1H3,(H,21,23).